The molecular formula is C27H17N5O5. The summed E-state index contributed by atoms with van der Waals surface area (Å²) in [6.07, 6.45) is 0. The fraction of sp³-hybridized carbons (Fsp3) is 0. The van der Waals surface area contributed by atoms with Crippen LogP contribution in [0, 0.1) is 10.1 Å². The molecule has 0 spiro atoms. The second-order valence-electron chi connectivity index (χ2n) is 8.10. The number of nitro benzene ring substituents is 1. The number of carbonyl (C=O) groups is 3. The molecule has 5 rings (SSSR count). The van der Waals surface area contributed by atoms with Gasteiger partial charge in [-0.15, -0.1) is 0 Å². The van der Waals surface area contributed by atoms with Crippen LogP contribution < -0.4 is 11.1 Å². The maximum atomic E-state index is 13.4. The smallest absolute Gasteiger partial charge is 0.294 e. The van der Waals surface area contributed by atoms with E-state index in [1.54, 1.807) is 36.4 Å². The van der Waals surface area contributed by atoms with Crippen LogP contribution in [-0.2, 0) is 0 Å². The second-order valence-corrected chi connectivity index (χ2v) is 8.10. The number of nitrogens with two attached hydrogens (primary N) is 1. The normalized spacial score (nSPS) is 12.2. The van der Waals surface area contributed by atoms with Gasteiger partial charge in [0.25, 0.3) is 11.6 Å². The summed E-state index contributed by atoms with van der Waals surface area (Å²) in [6, 6.07) is 23.0. The molecule has 1 aliphatic carbocycles. The average molecular weight is 491 g/mol. The van der Waals surface area contributed by atoms with Crippen molar-refractivity contribution < 1.29 is 19.3 Å². The monoisotopic (exact) mass is 491 g/mol. The molecular weight excluding hydrogens is 474 g/mol. The van der Waals surface area contributed by atoms with Gasteiger partial charge in [0.05, 0.1) is 27.5 Å². The number of primary amides is 1. The van der Waals surface area contributed by atoms with E-state index in [2.05, 4.69) is 15.5 Å². The molecule has 4 aromatic rings. The first kappa shape index (κ1) is 23.2. The number of ketones is 2. The van der Waals surface area contributed by atoms with E-state index < -0.39 is 39.2 Å². The standard InChI is InChI=1S/C27H17N5O5/c28-27(35)20-14-21(29-15-10-12-17(13-11-15)31-30-16-6-2-1-3-7-16)22-23(24(20)32(36)37)26(34)19-9-5-4-8-18(19)25(22)33/h1-14,29H,(H2,28,35). The first-order chi connectivity index (χ1) is 17.8. The number of anilines is 2. The topological polar surface area (TPSA) is 157 Å². The Bertz CT molecular complexity index is 1630. The van der Waals surface area contributed by atoms with Crippen LogP contribution in [0.5, 0.6) is 0 Å². The lowest BCUT2D eigenvalue weighted by atomic mass is 9.81. The van der Waals surface area contributed by atoms with Gasteiger partial charge >= 0.3 is 0 Å². The quantitative estimate of drug-likeness (QED) is 0.178. The summed E-state index contributed by atoms with van der Waals surface area (Å²) >= 11 is 0. The molecule has 4 aromatic carbocycles. The number of carbonyl (C=O) groups excluding carboxylic acids is 3. The zero-order valence-electron chi connectivity index (χ0n) is 19.0. The number of rotatable bonds is 6. The molecule has 0 radical (unpaired) electrons. The highest BCUT2D eigenvalue weighted by molar-refractivity contribution is 6.32. The molecule has 0 unspecified atom stereocenters. The third kappa shape index (κ3) is 4.23. The van der Waals surface area contributed by atoms with Gasteiger partial charge in [0.2, 0.25) is 5.78 Å². The summed E-state index contributed by atoms with van der Waals surface area (Å²) in [6.45, 7) is 0. The van der Waals surface area contributed by atoms with Crippen LogP contribution in [0.3, 0.4) is 0 Å². The van der Waals surface area contributed by atoms with Crippen molar-refractivity contribution in [2.75, 3.05) is 5.32 Å². The Morgan fingerprint density at radius 2 is 1.32 bits per heavy atom. The lowest BCUT2D eigenvalue weighted by molar-refractivity contribution is -0.385. The molecule has 180 valence electrons. The number of hydrogen-bond acceptors (Lipinski definition) is 8. The van der Waals surface area contributed by atoms with Crippen molar-refractivity contribution in [1.82, 2.24) is 0 Å². The van der Waals surface area contributed by atoms with Crippen LogP contribution in [0.4, 0.5) is 28.4 Å². The summed E-state index contributed by atoms with van der Waals surface area (Å²) in [5, 5.41) is 23.3. The Hall–Kier alpha value is -5.51. The maximum Gasteiger partial charge on any atom is 0.294 e. The van der Waals surface area contributed by atoms with E-state index in [0.29, 0.717) is 17.1 Å². The minimum absolute atomic E-state index is 0.0174. The summed E-state index contributed by atoms with van der Waals surface area (Å²) < 4.78 is 0. The third-order valence-electron chi connectivity index (χ3n) is 5.80. The number of azo groups is 1. The van der Waals surface area contributed by atoms with Crippen LogP contribution in [0.15, 0.2) is 95.2 Å². The van der Waals surface area contributed by atoms with Gasteiger partial charge < -0.3 is 11.1 Å². The van der Waals surface area contributed by atoms with E-state index in [4.69, 9.17) is 5.73 Å². The zero-order valence-corrected chi connectivity index (χ0v) is 19.0. The average Bonchev–Trinajstić information content (AvgIpc) is 2.91. The third-order valence-corrected chi connectivity index (χ3v) is 5.80. The first-order valence-corrected chi connectivity index (χ1v) is 11.0. The van der Waals surface area contributed by atoms with E-state index in [1.807, 2.05) is 30.3 Å². The van der Waals surface area contributed by atoms with Crippen LogP contribution in [0.2, 0.25) is 0 Å². The number of benzene rings is 4. The SMILES string of the molecule is NC(=O)c1cc(Nc2ccc(N=Nc3ccccc3)cc2)c2c(c1[N+](=O)[O-])C(=O)c1ccccc1C2=O. The largest absolute Gasteiger partial charge is 0.365 e. The van der Waals surface area contributed by atoms with Crippen LogP contribution in [0.1, 0.15) is 42.2 Å². The minimum atomic E-state index is -1.10. The summed E-state index contributed by atoms with van der Waals surface area (Å²) in [7, 11) is 0. The van der Waals surface area contributed by atoms with Crippen molar-refractivity contribution in [2.45, 2.75) is 0 Å². The molecule has 0 saturated heterocycles. The van der Waals surface area contributed by atoms with Crippen molar-refractivity contribution in [2.24, 2.45) is 16.0 Å². The van der Waals surface area contributed by atoms with Crippen molar-refractivity contribution in [1.29, 1.82) is 0 Å². The molecule has 0 aliphatic heterocycles. The van der Waals surface area contributed by atoms with Crippen LogP contribution >= 0.6 is 0 Å². The van der Waals surface area contributed by atoms with E-state index in [9.17, 15) is 24.5 Å². The maximum absolute atomic E-state index is 13.4. The molecule has 10 heteroatoms. The molecule has 0 heterocycles. The highest BCUT2D eigenvalue weighted by Crippen LogP contribution is 2.40. The molecule has 0 aromatic heterocycles. The van der Waals surface area contributed by atoms with Crippen molar-refractivity contribution in [3.8, 4) is 0 Å². The number of hydrogen-bond donors (Lipinski definition) is 2. The van der Waals surface area contributed by atoms with Gasteiger partial charge in [0.1, 0.15) is 11.1 Å². The molecule has 3 N–H and O–H groups in total. The molecule has 0 bridgehead atoms. The number of nitro groups is 1. The van der Waals surface area contributed by atoms with Gasteiger partial charge in [-0.25, -0.2) is 0 Å². The first-order valence-electron chi connectivity index (χ1n) is 11.0. The Kier molecular flexibility index (Phi) is 5.82. The minimum Gasteiger partial charge on any atom is -0.365 e. The Morgan fingerprint density at radius 1 is 0.784 bits per heavy atom. The zero-order chi connectivity index (χ0) is 26.1. The van der Waals surface area contributed by atoms with E-state index in [1.165, 1.54) is 12.1 Å². The van der Waals surface area contributed by atoms with Crippen LogP contribution in [-0.4, -0.2) is 22.4 Å². The fourth-order valence-corrected chi connectivity index (χ4v) is 4.13. The van der Waals surface area contributed by atoms with Gasteiger partial charge in [-0.05, 0) is 42.5 Å². The molecule has 37 heavy (non-hydrogen) atoms. The van der Waals surface area contributed by atoms with Gasteiger partial charge in [-0.3, -0.25) is 24.5 Å². The Morgan fingerprint density at radius 3 is 1.89 bits per heavy atom. The number of nitrogens with zero attached hydrogens (tertiary/aromatic N) is 3. The molecule has 0 fully saturated rings. The molecule has 10 nitrogen and oxygen atoms in total. The second kappa shape index (κ2) is 9.27. The van der Waals surface area contributed by atoms with Gasteiger partial charge in [-0.2, -0.15) is 10.2 Å². The van der Waals surface area contributed by atoms with Gasteiger partial charge in [0.15, 0.2) is 5.78 Å². The predicted molar refractivity (Wildman–Crippen MR) is 135 cm³/mol. The van der Waals surface area contributed by atoms with E-state index in [-0.39, 0.29) is 22.4 Å². The van der Waals surface area contributed by atoms with Gasteiger partial charge in [0, 0.05) is 16.8 Å². The highest BCUT2D eigenvalue weighted by Gasteiger charge is 2.40. The van der Waals surface area contributed by atoms with Crippen LogP contribution in [0.25, 0.3) is 0 Å². The Balaban J connectivity index is 1.59. The molecule has 1 amide bonds. The lowest BCUT2D eigenvalue weighted by Crippen LogP contribution is -2.26. The van der Waals surface area contributed by atoms with Crippen molar-refractivity contribution in [3.05, 3.63) is 123 Å². The summed E-state index contributed by atoms with van der Waals surface area (Å²) in [5.74, 6) is -2.42. The Labute approximate surface area is 209 Å². The van der Waals surface area contributed by atoms with Gasteiger partial charge in [-0.1, -0.05) is 42.5 Å². The predicted octanol–water partition coefficient (Wildman–Crippen LogP) is 5.63. The highest BCUT2D eigenvalue weighted by atomic mass is 16.6. The molecule has 0 saturated carbocycles. The fourth-order valence-electron chi connectivity index (χ4n) is 4.13. The molecule has 0 atom stereocenters. The number of nitrogens with one attached hydrogen (secondary N) is 1. The van der Waals surface area contributed by atoms with Crippen molar-refractivity contribution in [3.63, 3.8) is 0 Å². The summed E-state index contributed by atoms with van der Waals surface area (Å²) in [4.78, 5) is 50.0. The molecule has 1 aliphatic rings. The van der Waals surface area contributed by atoms with Crippen molar-refractivity contribution >= 4 is 45.9 Å². The number of amides is 1. The summed E-state index contributed by atoms with van der Waals surface area (Å²) in [5.41, 5.74) is 5.37. The van der Waals surface area contributed by atoms with E-state index in [0.717, 1.165) is 6.07 Å². The number of fused-ring (bicyclic) bond motifs is 2. The van der Waals surface area contributed by atoms with E-state index >= 15 is 0 Å². The lowest BCUT2D eigenvalue weighted by Gasteiger charge is -2.22.